The molecule has 2 unspecified atom stereocenters. The first-order valence-electron chi connectivity index (χ1n) is 6.04. The van der Waals surface area contributed by atoms with Gasteiger partial charge < -0.3 is 10.1 Å². The van der Waals surface area contributed by atoms with Gasteiger partial charge in [0.15, 0.2) is 0 Å². The van der Waals surface area contributed by atoms with Crippen LogP contribution in [-0.4, -0.2) is 25.2 Å². The van der Waals surface area contributed by atoms with E-state index in [9.17, 15) is 4.79 Å². The van der Waals surface area contributed by atoms with Gasteiger partial charge in [0.05, 0.1) is 7.11 Å². The van der Waals surface area contributed by atoms with E-state index in [0.29, 0.717) is 12.0 Å². The van der Waals surface area contributed by atoms with Crippen molar-refractivity contribution < 1.29 is 9.53 Å². The van der Waals surface area contributed by atoms with Gasteiger partial charge in [-0.15, -0.1) is 0 Å². The van der Waals surface area contributed by atoms with Gasteiger partial charge in [-0.3, -0.25) is 4.79 Å². The molecule has 0 amide bonds. The van der Waals surface area contributed by atoms with Crippen LogP contribution in [0.25, 0.3) is 0 Å². The summed E-state index contributed by atoms with van der Waals surface area (Å²) in [6.45, 7) is 2.18. The monoisotopic (exact) mass is 211 g/mol. The molecule has 0 spiro atoms. The molecule has 1 N–H and O–H groups in total. The van der Waals surface area contributed by atoms with Crippen molar-refractivity contribution in [1.29, 1.82) is 0 Å². The van der Waals surface area contributed by atoms with Crippen LogP contribution in [0.15, 0.2) is 0 Å². The first kappa shape index (κ1) is 10.9. The van der Waals surface area contributed by atoms with Crippen molar-refractivity contribution in [3.63, 3.8) is 0 Å². The lowest BCUT2D eigenvalue weighted by molar-refractivity contribution is -0.144. The first-order chi connectivity index (χ1) is 7.20. The highest BCUT2D eigenvalue weighted by atomic mass is 16.5. The van der Waals surface area contributed by atoms with Crippen LogP contribution in [-0.2, 0) is 9.53 Å². The van der Waals surface area contributed by atoms with E-state index in [2.05, 4.69) is 12.2 Å². The van der Waals surface area contributed by atoms with Crippen molar-refractivity contribution in [2.45, 2.75) is 51.1 Å². The van der Waals surface area contributed by atoms with Crippen LogP contribution in [0.3, 0.4) is 0 Å². The Hall–Kier alpha value is -0.570. The highest BCUT2D eigenvalue weighted by Crippen LogP contribution is 2.36. The molecule has 3 heteroatoms. The van der Waals surface area contributed by atoms with E-state index in [-0.39, 0.29) is 12.0 Å². The number of hydrogen-bond donors (Lipinski definition) is 1. The molecule has 15 heavy (non-hydrogen) atoms. The fourth-order valence-electron chi connectivity index (χ4n) is 2.18. The predicted molar refractivity (Wildman–Crippen MR) is 58.5 cm³/mol. The van der Waals surface area contributed by atoms with Gasteiger partial charge in [0, 0.05) is 6.04 Å². The number of methoxy groups -OCH3 is 1. The standard InChI is InChI=1S/C12H21NO2/c1-8(7-9-3-4-9)13-11(10-5-6-10)12(14)15-2/h8-11,13H,3-7H2,1-2H3. The molecule has 0 saturated heterocycles. The largest absolute Gasteiger partial charge is 0.468 e. The van der Waals surface area contributed by atoms with E-state index in [1.54, 1.807) is 0 Å². The second-order valence-electron chi connectivity index (χ2n) is 5.09. The van der Waals surface area contributed by atoms with E-state index in [1.807, 2.05) is 0 Å². The second kappa shape index (κ2) is 4.52. The predicted octanol–water partition coefficient (Wildman–Crippen LogP) is 1.72. The van der Waals surface area contributed by atoms with Crippen molar-refractivity contribution in [3.8, 4) is 0 Å². The molecular formula is C12H21NO2. The summed E-state index contributed by atoms with van der Waals surface area (Å²) in [5.74, 6) is 1.35. The van der Waals surface area contributed by atoms with Crippen LogP contribution in [0, 0.1) is 11.8 Å². The number of esters is 1. The van der Waals surface area contributed by atoms with Crippen LogP contribution in [0.5, 0.6) is 0 Å². The van der Waals surface area contributed by atoms with E-state index >= 15 is 0 Å². The Morgan fingerprint density at radius 1 is 1.40 bits per heavy atom. The van der Waals surface area contributed by atoms with Gasteiger partial charge in [-0.05, 0) is 38.0 Å². The lowest BCUT2D eigenvalue weighted by Crippen LogP contribution is -2.44. The maximum atomic E-state index is 11.5. The average molecular weight is 211 g/mol. The number of ether oxygens (including phenoxy) is 1. The Morgan fingerprint density at radius 3 is 2.53 bits per heavy atom. The second-order valence-corrected chi connectivity index (χ2v) is 5.09. The lowest BCUT2D eigenvalue weighted by atomic mass is 10.1. The third-order valence-corrected chi connectivity index (χ3v) is 3.40. The summed E-state index contributed by atoms with van der Waals surface area (Å²) >= 11 is 0. The van der Waals surface area contributed by atoms with E-state index < -0.39 is 0 Å². The summed E-state index contributed by atoms with van der Waals surface area (Å²) in [6.07, 6.45) is 6.29. The van der Waals surface area contributed by atoms with Crippen LogP contribution >= 0.6 is 0 Å². The molecular weight excluding hydrogens is 190 g/mol. The van der Waals surface area contributed by atoms with Gasteiger partial charge in [0.25, 0.3) is 0 Å². The van der Waals surface area contributed by atoms with Crippen molar-refractivity contribution in [2.75, 3.05) is 7.11 Å². The van der Waals surface area contributed by atoms with Crippen molar-refractivity contribution in [2.24, 2.45) is 11.8 Å². The summed E-state index contributed by atoms with van der Waals surface area (Å²) < 4.78 is 4.83. The van der Waals surface area contributed by atoms with Gasteiger partial charge in [-0.1, -0.05) is 12.8 Å². The van der Waals surface area contributed by atoms with Crippen molar-refractivity contribution >= 4 is 5.97 Å². The summed E-state index contributed by atoms with van der Waals surface area (Å²) in [6, 6.07) is 0.394. The molecule has 0 heterocycles. The Balaban J connectivity index is 1.79. The average Bonchev–Trinajstić information content (AvgIpc) is 3.04. The lowest BCUT2D eigenvalue weighted by Gasteiger charge is -2.21. The Bertz CT molecular complexity index is 234. The molecule has 0 bridgehead atoms. The van der Waals surface area contributed by atoms with Gasteiger partial charge in [0.2, 0.25) is 0 Å². The molecule has 2 fully saturated rings. The molecule has 2 aliphatic carbocycles. The van der Waals surface area contributed by atoms with E-state index in [1.165, 1.54) is 39.2 Å². The maximum absolute atomic E-state index is 11.5. The maximum Gasteiger partial charge on any atom is 0.323 e. The first-order valence-corrected chi connectivity index (χ1v) is 6.04. The molecule has 0 aliphatic heterocycles. The molecule has 0 radical (unpaired) electrons. The summed E-state index contributed by atoms with van der Waals surface area (Å²) in [4.78, 5) is 11.5. The Kier molecular flexibility index (Phi) is 3.29. The molecule has 2 atom stereocenters. The van der Waals surface area contributed by atoms with Gasteiger partial charge >= 0.3 is 5.97 Å². The minimum atomic E-state index is -0.0832. The molecule has 2 saturated carbocycles. The van der Waals surface area contributed by atoms with Gasteiger partial charge in [-0.25, -0.2) is 0 Å². The Labute approximate surface area is 91.6 Å². The van der Waals surface area contributed by atoms with Crippen LogP contribution in [0.2, 0.25) is 0 Å². The fourth-order valence-corrected chi connectivity index (χ4v) is 2.18. The van der Waals surface area contributed by atoms with Crippen LogP contribution in [0.4, 0.5) is 0 Å². The highest BCUT2D eigenvalue weighted by Gasteiger charge is 2.38. The molecule has 2 rings (SSSR count). The number of carbonyl (C=O) groups excluding carboxylic acids is 1. The zero-order valence-electron chi connectivity index (χ0n) is 9.66. The molecule has 0 aromatic heterocycles. The molecule has 0 aromatic carbocycles. The van der Waals surface area contributed by atoms with Crippen molar-refractivity contribution in [3.05, 3.63) is 0 Å². The minimum absolute atomic E-state index is 0.0521. The number of carbonyl (C=O) groups is 1. The van der Waals surface area contributed by atoms with E-state index in [4.69, 9.17) is 4.74 Å². The van der Waals surface area contributed by atoms with Crippen molar-refractivity contribution in [1.82, 2.24) is 5.32 Å². The molecule has 2 aliphatic rings. The molecule has 0 aromatic rings. The van der Waals surface area contributed by atoms with E-state index in [0.717, 1.165) is 5.92 Å². The molecule has 3 nitrogen and oxygen atoms in total. The van der Waals surface area contributed by atoms with Gasteiger partial charge in [0.1, 0.15) is 6.04 Å². The van der Waals surface area contributed by atoms with Crippen LogP contribution < -0.4 is 5.32 Å². The Morgan fingerprint density at radius 2 is 2.07 bits per heavy atom. The third-order valence-electron chi connectivity index (χ3n) is 3.40. The number of hydrogen-bond acceptors (Lipinski definition) is 3. The normalized spacial score (nSPS) is 24.7. The zero-order chi connectivity index (χ0) is 10.8. The SMILES string of the molecule is COC(=O)C(NC(C)CC1CC1)C1CC1. The molecule has 86 valence electrons. The minimum Gasteiger partial charge on any atom is -0.468 e. The smallest absolute Gasteiger partial charge is 0.323 e. The summed E-state index contributed by atoms with van der Waals surface area (Å²) in [5.41, 5.74) is 0. The summed E-state index contributed by atoms with van der Waals surface area (Å²) in [7, 11) is 1.48. The highest BCUT2D eigenvalue weighted by molar-refractivity contribution is 5.76. The third kappa shape index (κ3) is 3.20. The number of nitrogens with one attached hydrogen (secondary N) is 1. The zero-order valence-corrected chi connectivity index (χ0v) is 9.66. The van der Waals surface area contributed by atoms with Crippen LogP contribution in [0.1, 0.15) is 39.0 Å². The summed E-state index contributed by atoms with van der Waals surface area (Å²) in [5, 5.41) is 3.43. The topological polar surface area (TPSA) is 38.3 Å². The van der Waals surface area contributed by atoms with Gasteiger partial charge in [-0.2, -0.15) is 0 Å². The number of rotatable bonds is 6. The fraction of sp³-hybridized carbons (Fsp3) is 0.917. The quantitative estimate of drug-likeness (QED) is 0.680.